The van der Waals surface area contributed by atoms with Crippen molar-refractivity contribution in [3.8, 4) is 22.9 Å². The van der Waals surface area contributed by atoms with Gasteiger partial charge in [-0.2, -0.15) is 0 Å². The number of fused-ring (bicyclic) bond motifs is 2. The van der Waals surface area contributed by atoms with Gasteiger partial charge in [0, 0.05) is 5.56 Å². The maximum absolute atomic E-state index is 13.9. The smallest absolute Gasteiger partial charge is 0.184 e. The van der Waals surface area contributed by atoms with Crippen molar-refractivity contribution in [2.24, 2.45) is 0 Å². The van der Waals surface area contributed by atoms with E-state index < -0.39 is 11.6 Å². The lowest BCUT2D eigenvalue weighted by Crippen LogP contribution is -1.89. The molecule has 0 spiro atoms. The van der Waals surface area contributed by atoms with E-state index in [0.29, 0.717) is 22.7 Å². The number of ether oxygens (including phenoxy) is 1. The summed E-state index contributed by atoms with van der Waals surface area (Å²) in [7, 11) is 0. The number of imidazole rings is 1. The molecule has 0 amide bonds. The third-order valence-electron chi connectivity index (χ3n) is 4.88. The van der Waals surface area contributed by atoms with Crippen LogP contribution in [0.4, 0.5) is 8.78 Å². The quantitative estimate of drug-likeness (QED) is 0.517. The maximum Gasteiger partial charge on any atom is 0.184 e. The Labute approximate surface area is 154 Å². The van der Waals surface area contributed by atoms with Crippen molar-refractivity contribution < 1.29 is 13.5 Å². The Morgan fingerprint density at radius 3 is 2.74 bits per heavy atom. The van der Waals surface area contributed by atoms with Gasteiger partial charge in [0.1, 0.15) is 22.8 Å². The monoisotopic (exact) mass is 361 g/mol. The first-order chi connectivity index (χ1) is 13.2. The minimum atomic E-state index is -0.934. The van der Waals surface area contributed by atoms with Gasteiger partial charge in [-0.05, 0) is 78.9 Å². The van der Waals surface area contributed by atoms with Gasteiger partial charge in [0.25, 0.3) is 0 Å². The second kappa shape index (κ2) is 6.20. The van der Waals surface area contributed by atoms with Crippen molar-refractivity contribution in [1.29, 1.82) is 0 Å². The second-order valence-corrected chi connectivity index (χ2v) is 6.67. The van der Waals surface area contributed by atoms with Gasteiger partial charge >= 0.3 is 0 Å². The molecule has 0 unspecified atom stereocenters. The van der Waals surface area contributed by atoms with Crippen LogP contribution in [0, 0.1) is 17.7 Å². The van der Waals surface area contributed by atoms with E-state index >= 15 is 0 Å². The fourth-order valence-corrected chi connectivity index (χ4v) is 3.54. The molecule has 5 rings (SSSR count). The SMILES string of the molecule is Fc1ccc2nc(-c3[c]ccc(Oc4ccc5c(c4)CCC5)c3)[nH]c2c1F. The fourth-order valence-electron chi connectivity index (χ4n) is 3.54. The van der Waals surface area contributed by atoms with Crippen LogP contribution in [-0.2, 0) is 12.8 Å². The van der Waals surface area contributed by atoms with Gasteiger partial charge in [-0.1, -0.05) is 6.07 Å². The van der Waals surface area contributed by atoms with E-state index in [4.69, 9.17) is 4.74 Å². The Kier molecular flexibility index (Phi) is 3.67. The van der Waals surface area contributed by atoms with Crippen LogP contribution < -0.4 is 4.74 Å². The molecule has 27 heavy (non-hydrogen) atoms. The van der Waals surface area contributed by atoms with Crippen LogP contribution in [0.15, 0.2) is 48.5 Å². The predicted molar refractivity (Wildman–Crippen MR) is 98.8 cm³/mol. The normalized spacial score (nSPS) is 13.1. The first kappa shape index (κ1) is 16.0. The molecule has 3 nitrogen and oxygen atoms in total. The van der Waals surface area contributed by atoms with Crippen LogP contribution in [0.1, 0.15) is 17.5 Å². The lowest BCUT2D eigenvalue weighted by Gasteiger charge is -2.08. The van der Waals surface area contributed by atoms with Crippen molar-refractivity contribution in [3.63, 3.8) is 0 Å². The zero-order chi connectivity index (χ0) is 18.4. The first-order valence-electron chi connectivity index (χ1n) is 8.83. The first-order valence-corrected chi connectivity index (χ1v) is 8.83. The highest BCUT2D eigenvalue weighted by Gasteiger charge is 2.14. The summed E-state index contributed by atoms with van der Waals surface area (Å²) in [6.45, 7) is 0. The van der Waals surface area contributed by atoms with Gasteiger partial charge in [0.2, 0.25) is 0 Å². The largest absolute Gasteiger partial charge is 0.457 e. The summed E-state index contributed by atoms with van der Waals surface area (Å²) >= 11 is 0. The van der Waals surface area contributed by atoms with Crippen LogP contribution in [0.5, 0.6) is 11.5 Å². The number of aromatic amines is 1. The van der Waals surface area contributed by atoms with Gasteiger partial charge in [-0.25, -0.2) is 13.8 Å². The van der Waals surface area contributed by atoms with Crippen molar-refractivity contribution in [2.75, 3.05) is 0 Å². The summed E-state index contributed by atoms with van der Waals surface area (Å²) in [5.41, 5.74) is 3.75. The van der Waals surface area contributed by atoms with E-state index in [2.05, 4.69) is 28.2 Å². The van der Waals surface area contributed by atoms with Crippen molar-refractivity contribution in [3.05, 3.63) is 77.4 Å². The standard InChI is InChI=1S/C22H15F2N2O/c23-18-9-10-19-21(20(18)24)26-22(25-19)15-5-2-6-16(12-15)27-17-8-7-13-3-1-4-14(13)11-17/h2,6-12H,1,3-4H2,(H,25,26). The Morgan fingerprint density at radius 2 is 1.81 bits per heavy atom. The van der Waals surface area contributed by atoms with Crippen LogP contribution in [0.3, 0.4) is 0 Å². The zero-order valence-electron chi connectivity index (χ0n) is 14.4. The van der Waals surface area contributed by atoms with Gasteiger partial charge in [0.05, 0.1) is 5.52 Å². The highest BCUT2D eigenvalue weighted by Crippen LogP contribution is 2.31. The molecule has 1 aliphatic carbocycles. The summed E-state index contributed by atoms with van der Waals surface area (Å²) in [6.07, 6.45) is 3.40. The third kappa shape index (κ3) is 2.85. The van der Waals surface area contributed by atoms with E-state index in [1.807, 2.05) is 6.07 Å². The number of hydrogen-bond donors (Lipinski definition) is 1. The predicted octanol–water partition coefficient (Wildman–Crippen LogP) is 5.59. The van der Waals surface area contributed by atoms with E-state index in [1.54, 1.807) is 18.2 Å². The van der Waals surface area contributed by atoms with E-state index in [1.165, 1.54) is 23.6 Å². The molecule has 0 fully saturated rings. The highest BCUT2D eigenvalue weighted by molar-refractivity contribution is 5.80. The number of nitrogens with one attached hydrogen (secondary N) is 1. The molecule has 1 N–H and O–H groups in total. The molecule has 4 aromatic rings. The summed E-state index contributed by atoms with van der Waals surface area (Å²) < 4.78 is 33.3. The van der Waals surface area contributed by atoms with Crippen LogP contribution in [0.2, 0.25) is 0 Å². The number of benzene rings is 3. The lowest BCUT2D eigenvalue weighted by molar-refractivity contribution is 0.482. The Balaban J connectivity index is 1.48. The number of halogens is 2. The molecule has 0 aliphatic heterocycles. The minimum absolute atomic E-state index is 0.0448. The Bertz CT molecular complexity index is 1170. The van der Waals surface area contributed by atoms with Crippen molar-refractivity contribution >= 4 is 11.0 Å². The fraction of sp³-hybridized carbons (Fsp3) is 0.136. The molecule has 1 heterocycles. The molecule has 0 saturated carbocycles. The molecule has 1 radical (unpaired) electrons. The van der Waals surface area contributed by atoms with E-state index in [0.717, 1.165) is 24.7 Å². The molecule has 1 aliphatic rings. The average molecular weight is 361 g/mol. The molecular weight excluding hydrogens is 346 g/mol. The number of hydrogen-bond acceptors (Lipinski definition) is 2. The number of H-pyrrole nitrogens is 1. The summed E-state index contributed by atoms with van der Waals surface area (Å²) in [4.78, 5) is 7.16. The Morgan fingerprint density at radius 1 is 0.963 bits per heavy atom. The number of aromatic nitrogens is 2. The van der Waals surface area contributed by atoms with Crippen LogP contribution in [-0.4, -0.2) is 9.97 Å². The number of rotatable bonds is 3. The molecule has 0 saturated heterocycles. The summed E-state index contributed by atoms with van der Waals surface area (Å²) in [5.74, 6) is -0.0135. The van der Waals surface area contributed by atoms with Gasteiger partial charge in [-0.15, -0.1) is 0 Å². The molecular formula is C22H15F2N2O. The summed E-state index contributed by atoms with van der Waals surface area (Å²) in [5, 5.41) is 0. The topological polar surface area (TPSA) is 37.9 Å². The lowest BCUT2D eigenvalue weighted by atomic mass is 10.1. The van der Waals surface area contributed by atoms with E-state index in [-0.39, 0.29) is 5.52 Å². The molecule has 5 heteroatoms. The Hall–Kier alpha value is -3.21. The van der Waals surface area contributed by atoms with Crippen molar-refractivity contribution in [1.82, 2.24) is 9.97 Å². The molecule has 0 atom stereocenters. The van der Waals surface area contributed by atoms with E-state index in [9.17, 15) is 8.78 Å². The van der Waals surface area contributed by atoms with Gasteiger partial charge in [-0.3, -0.25) is 0 Å². The summed E-state index contributed by atoms with van der Waals surface area (Å²) in [6, 6.07) is 17.0. The molecule has 1 aromatic heterocycles. The van der Waals surface area contributed by atoms with Crippen LogP contribution >= 0.6 is 0 Å². The number of aryl methyl sites for hydroxylation is 2. The third-order valence-corrected chi connectivity index (χ3v) is 4.88. The highest BCUT2D eigenvalue weighted by atomic mass is 19.2. The second-order valence-electron chi connectivity index (χ2n) is 6.67. The molecule has 0 bridgehead atoms. The average Bonchev–Trinajstić information content (AvgIpc) is 3.32. The zero-order valence-corrected chi connectivity index (χ0v) is 14.4. The van der Waals surface area contributed by atoms with Gasteiger partial charge < -0.3 is 9.72 Å². The maximum atomic E-state index is 13.9. The molecule has 133 valence electrons. The number of nitrogens with zero attached hydrogens (tertiary/aromatic N) is 1. The van der Waals surface area contributed by atoms with Crippen molar-refractivity contribution in [2.45, 2.75) is 19.3 Å². The molecule has 3 aromatic carbocycles. The van der Waals surface area contributed by atoms with Gasteiger partial charge in [0.15, 0.2) is 11.6 Å². The minimum Gasteiger partial charge on any atom is -0.457 e. The van der Waals surface area contributed by atoms with Crippen LogP contribution in [0.25, 0.3) is 22.4 Å².